The molecule has 0 atom stereocenters. The molecule has 0 fully saturated rings. The second kappa shape index (κ2) is 9.49. The molecule has 0 saturated carbocycles. The van der Waals surface area contributed by atoms with Crippen molar-refractivity contribution in [2.24, 2.45) is 0 Å². The van der Waals surface area contributed by atoms with Gasteiger partial charge in [0.1, 0.15) is 22.8 Å². The Morgan fingerprint density at radius 1 is 0.341 bits per heavy atom. The van der Waals surface area contributed by atoms with Crippen LogP contribution in [0, 0.1) is 0 Å². The Hall–Kier alpha value is -6.56. The van der Waals surface area contributed by atoms with Crippen molar-refractivity contribution in [3.63, 3.8) is 0 Å². The first-order valence-corrected chi connectivity index (χ1v) is 14.1. The number of hydrogen-bond donors (Lipinski definition) is 4. The van der Waals surface area contributed by atoms with Crippen LogP contribution in [0.1, 0.15) is 22.8 Å². The molecule has 0 aliphatic carbocycles. The third-order valence-electron chi connectivity index (χ3n) is 7.72. The van der Waals surface area contributed by atoms with E-state index in [0.29, 0.717) is 0 Å². The molecule has 0 amide bonds. The van der Waals surface area contributed by atoms with Gasteiger partial charge in [-0.15, -0.1) is 0 Å². The Labute approximate surface area is 248 Å². The lowest BCUT2D eigenvalue weighted by Crippen LogP contribution is -2.23. The van der Waals surface area contributed by atoms with E-state index in [2.05, 4.69) is 88.9 Å². The maximum atomic E-state index is 4.60. The molecule has 0 unspecified atom stereocenters. The van der Waals surface area contributed by atoms with Gasteiger partial charge < -0.3 is 19.9 Å². The van der Waals surface area contributed by atoms with E-state index in [0.717, 1.165) is 67.0 Å². The van der Waals surface area contributed by atoms with Crippen molar-refractivity contribution in [2.75, 3.05) is 0 Å². The summed E-state index contributed by atoms with van der Waals surface area (Å²) in [5.41, 5.74) is 7.00. The van der Waals surface area contributed by atoms with Gasteiger partial charge in [0.2, 0.25) is 0 Å². The highest BCUT2D eigenvalue weighted by Crippen LogP contribution is 2.20. The van der Waals surface area contributed by atoms with Crippen LogP contribution in [0.25, 0.3) is 22.8 Å². The van der Waals surface area contributed by atoms with Crippen molar-refractivity contribution in [2.45, 2.75) is 0 Å². The first kappa shape index (κ1) is 24.1. The van der Waals surface area contributed by atoms with Crippen LogP contribution in [0.5, 0.6) is 0 Å². The summed E-state index contributed by atoms with van der Waals surface area (Å²) in [7, 11) is 0. The van der Waals surface area contributed by atoms with Crippen LogP contribution in [0.3, 0.4) is 0 Å². The SMILES string of the molecule is c1cnn(C2=c3ccc([nH]3)=C(n3cccn3)c3ccc([nH]3)C(n3cccn3)=c3ccc([nH]3)=C(n3cccn3)c3ccc2[nH]3)c1. The van der Waals surface area contributed by atoms with E-state index in [4.69, 9.17) is 0 Å². The van der Waals surface area contributed by atoms with E-state index >= 15 is 0 Å². The summed E-state index contributed by atoms with van der Waals surface area (Å²) in [5, 5.41) is 21.9. The van der Waals surface area contributed by atoms with Crippen LogP contribution in [-0.2, 0) is 0 Å². The molecule has 1 aliphatic heterocycles. The maximum Gasteiger partial charge on any atom is 0.111 e. The van der Waals surface area contributed by atoms with Crippen molar-refractivity contribution in [1.82, 2.24) is 59.1 Å². The van der Waals surface area contributed by atoms with E-state index in [1.54, 1.807) is 24.8 Å². The first-order chi connectivity index (χ1) is 21.8. The number of rotatable bonds is 4. The van der Waals surface area contributed by atoms with Crippen LogP contribution >= 0.6 is 0 Å². The zero-order valence-corrected chi connectivity index (χ0v) is 23.1. The van der Waals surface area contributed by atoms with E-state index in [9.17, 15) is 0 Å². The smallest absolute Gasteiger partial charge is 0.111 e. The van der Waals surface area contributed by atoms with Gasteiger partial charge in [0.15, 0.2) is 0 Å². The fourth-order valence-corrected chi connectivity index (χ4v) is 5.86. The Morgan fingerprint density at radius 3 is 0.841 bits per heavy atom. The third kappa shape index (κ3) is 3.78. The maximum absolute atomic E-state index is 4.60. The number of fused-ring (bicyclic) bond motifs is 8. The first-order valence-electron chi connectivity index (χ1n) is 14.1. The predicted octanol–water partition coefficient (Wildman–Crippen LogP) is 0.918. The molecule has 8 bridgehead atoms. The monoisotopic (exact) mass is 576 g/mol. The number of nitrogens with one attached hydrogen (secondary N) is 4. The Morgan fingerprint density at radius 2 is 0.614 bits per heavy atom. The standard InChI is InChI=1S/C32H24N12/c1-13-33-41(17-1)29-21-5-7-23(37-21)30(42-18-2-14-34-42)25-9-11-27(39-25)32(44-20-4-16-36-44)28-12-10-26(40-28)31(43-19-3-15-35-43)24-8-6-22(29)38-24/h1-20,37-40H. The molecule has 8 aromatic heterocycles. The van der Waals surface area contributed by atoms with Gasteiger partial charge in [0, 0.05) is 49.6 Å². The molecule has 4 N–H and O–H groups in total. The summed E-state index contributed by atoms with van der Waals surface area (Å²) in [5.74, 6) is 0. The van der Waals surface area contributed by atoms with E-state index < -0.39 is 0 Å². The van der Waals surface area contributed by atoms with Crippen LogP contribution in [0.4, 0.5) is 0 Å². The molecular formula is C32H24N12. The molecule has 12 heteroatoms. The molecule has 1 aliphatic rings. The van der Waals surface area contributed by atoms with Crippen LogP contribution in [0.15, 0.2) is 122 Å². The molecule has 12 nitrogen and oxygen atoms in total. The molecule has 0 radical (unpaired) electrons. The van der Waals surface area contributed by atoms with Crippen molar-refractivity contribution in [3.8, 4) is 0 Å². The minimum Gasteiger partial charge on any atom is -0.352 e. The van der Waals surface area contributed by atoms with E-state index in [1.165, 1.54) is 0 Å². The highest BCUT2D eigenvalue weighted by Gasteiger charge is 2.18. The Bertz CT molecular complexity index is 2130. The van der Waals surface area contributed by atoms with E-state index in [-0.39, 0.29) is 0 Å². The Kier molecular flexibility index (Phi) is 5.19. The number of nitrogens with zero attached hydrogens (tertiary/aromatic N) is 8. The lowest BCUT2D eigenvalue weighted by atomic mass is 10.3. The van der Waals surface area contributed by atoms with Crippen molar-refractivity contribution < 1.29 is 0 Å². The van der Waals surface area contributed by atoms with E-state index in [1.807, 2.05) is 67.8 Å². The Balaban J connectivity index is 1.44. The molecule has 0 spiro atoms. The van der Waals surface area contributed by atoms with Crippen LogP contribution in [0.2, 0.25) is 0 Å². The minimum atomic E-state index is 0.868. The second-order valence-electron chi connectivity index (χ2n) is 10.3. The molecule has 0 saturated heterocycles. The van der Waals surface area contributed by atoms with Gasteiger partial charge in [0.05, 0.1) is 44.2 Å². The zero-order chi connectivity index (χ0) is 29.0. The molecular weight excluding hydrogens is 552 g/mol. The number of H-pyrrole nitrogens is 4. The highest BCUT2D eigenvalue weighted by molar-refractivity contribution is 5.70. The number of aromatic amines is 4. The third-order valence-corrected chi connectivity index (χ3v) is 7.72. The van der Waals surface area contributed by atoms with Crippen molar-refractivity contribution in [3.05, 3.63) is 167 Å². The molecule has 9 rings (SSSR count). The fourth-order valence-electron chi connectivity index (χ4n) is 5.86. The summed E-state index contributed by atoms with van der Waals surface area (Å²) in [6, 6.07) is 24.2. The lowest BCUT2D eigenvalue weighted by Gasteiger charge is -2.09. The van der Waals surface area contributed by atoms with Gasteiger partial charge in [-0.2, -0.15) is 20.4 Å². The minimum absolute atomic E-state index is 0.868. The van der Waals surface area contributed by atoms with Crippen molar-refractivity contribution >= 4 is 22.8 Å². The molecule has 212 valence electrons. The van der Waals surface area contributed by atoms with Gasteiger partial charge in [-0.25, -0.2) is 18.7 Å². The summed E-state index contributed by atoms with van der Waals surface area (Å²) in [6.07, 6.45) is 14.8. The van der Waals surface area contributed by atoms with Gasteiger partial charge >= 0.3 is 0 Å². The lowest BCUT2D eigenvalue weighted by molar-refractivity contribution is 0.868. The second-order valence-corrected chi connectivity index (χ2v) is 10.3. The summed E-state index contributed by atoms with van der Waals surface area (Å²) >= 11 is 0. The summed E-state index contributed by atoms with van der Waals surface area (Å²) < 4.78 is 7.45. The number of hydrogen-bond acceptors (Lipinski definition) is 4. The molecule has 44 heavy (non-hydrogen) atoms. The van der Waals surface area contributed by atoms with Crippen LogP contribution in [-0.4, -0.2) is 59.1 Å². The summed E-state index contributed by atoms with van der Waals surface area (Å²) in [6.45, 7) is 0. The molecule has 0 aromatic carbocycles. The highest BCUT2D eigenvalue weighted by atomic mass is 15.3. The zero-order valence-electron chi connectivity index (χ0n) is 23.1. The average Bonchev–Trinajstić information content (AvgIpc) is 3.90. The summed E-state index contributed by atoms with van der Waals surface area (Å²) in [4.78, 5) is 14.6. The largest absolute Gasteiger partial charge is 0.352 e. The van der Waals surface area contributed by atoms with Gasteiger partial charge in [-0.3, -0.25) is 0 Å². The van der Waals surface area contributed by atoms with Gasteiger partial charge in [-0.1, -0.05) is 0 Å². The van der Waals surface area contributed by atoms with Crippen molar-refractivity contribution in [1.29, 1.82) is 0 Å². The van der Waals surface area contributed by atoms with Gasteiger partial charge in [0.25, 0.3) is 0 Å². The van der Waals surface area contributed by atoms with Gasteiger partial charge in [-0.05, 0) is 72.8 Å². The molecule has 8 aromatic rings. The number of aromatic nitrogens is 12. The quantitative estimate of drug-likeness (QED) is 0.248. The normalized spacial score (nSPS) is 13.3. The van der Waals surface area contributed by atoms with Crippen LogP contribution < -0.4 is 21.4 Å². The molecule has 9 heterocycles. The predicted molar refractivity (Wildman–Crippen MR) is 162 cm³/mol. The topological polar surface area (TPSA) is 134 Å². The average molecular weight is 577 g/mol. The fraction of sp³-hybridized carbons (Fsp3) is 0.